The molecule has 0 aliphatic carbocycles. The Morgan fingerprint density at radius 3 is 2.59 bits per heavy atom. The fourth-order valence-corrected chi connectivity index (χ4v) is 3.68. The molecule has 0 atom stereocenters. The van der Waals surface area contributed by atoms with Crippen molar-refractivity contribution in [1.29, 1.82) is 0 Å². The molecule has 0 spiro atoms. The summed E-state index contributed by atoms with van der Waals surface area (Å²) in [5.74, 6) is 0.644. The van der Waals surface area contributed by atoms with Gasteiger partial charge < -0.3 is 5.32 Å². The summed E-state index contributed by atoms with van der Waals surface area (Å²) in [7, 11) is 0. The highest BCUT2D eigenvalue weighted by molar-refractivity contribution is 7.99. The summed E-state index contributed by atoms with van der Waals surface area (Å²) in [4.78, 5) is 28.8. The molecule has 0 fully saturated rings. The van der Waals surface area contributed by atoms with E-state index in [2.05, 4.69) is 39.9 Å². The van der Waals surface area contributed by atoms with E-state index in [1.165, 1.54) is 34.2 Å². The molecule has 138 valence electrons. The summed E-state index contributed by atoms with van der Waals surface area (Å²) in [5.41, 5.74) is 3.30. The fourth-order valence-electron chi connectivity index (χ4n) is 2.37. The molecule has 1 heterocycles. The number of carbonyl (C=O) groups excluding carboxylic acids is 2. The number of aromatic nitrogens is 1. The molecule has 2 aromatic carbocycles. The van der Waals surface area contributed by atoms with Crippen molar-refractivity contribution in [3.05, 3.63) is 76.8 Å². The molecular weight excluding hydrogens is 378 g/mol. The number of carbonyl (C=O) groups is 2. The van der Waals surface area contributed by atoms with Gasteiger partial charge in [0.15, 0.2) is 5.13 Å². The Labute approximate surface area is 166 Å². The van der Waals surface area contributed by atoms with Gasteiger partial charge in [-0.25, -0.2) is 4.98 Å². The van der Waals surface area contributed by atoms with Crippen LogP contribution in [0.4, 0.5) is 10.8 Å². The van der Waals surface area contributed by atoms with Crippen LogP contribution in [0.3, 0.4) is 0 Å². The first-order valence-electron chi connectivity index (χ1n) is 8.35. The van der Waals surface area contributed by atoms with Gasteiger partial charge in [0.25, 0.3) is 5.91 Å². The molecule has 0 aliphatic heterocycles. The van der Waals surface area contributed by atoms with E-state index in [0.29, 0.717) is 22.1 Å². The lowest BCUT2D eigenvalue weighted by Gasteiger charge is -2.10. The maximum atomic E-state index is 12.4. The van der Waals surface area contributed by atoms with Gasteiger partial charge in [0.2, 0.25) is 5.91 Å². The molecule has 0 radical (unpaired) electrons. The SMILES string of the molecule is Cc1ccc(CSCC(=O)Nc2ccccc2C(=O)Nc2nccs2)cc1. The van der Waals surface area contributed by atoms with Gasteiger partial charge in [-0.05, 0) is 24.6 Å². The summed E-state index contributed by atoms with van der Waals surface area (Å²) in [5, 5.41) is 7.87. The molecule has 0 saturated heterocycles. The van der Waals surface area contributed by atoms with Crippen LogP contribution in [0.5, 0.6) is 0 Å². The second kappa shape index (κ2) is 9.34. The Kier molecular flexibility index (Phi) is 6.62. The van der Waals surface area contributed by atoms with E-state index < -0.39 is 0 Å². The average Bonchev–Trinajstić information content (AvgIpc) is 3.17. The molecule has 2 amide bonds. The lowest BCUT2D eigenvalue weighted by molar-refractivity contribution is -0.113. The van der Waals surface area contributed by atoms with Gasteiger partial charge >= 0.3 is 0 Å². The topological polar surface area (TPSA) is 71.1 Å². The van der Waals surface area contributed by atoms with E-state index >= 15 is 0 Å². The minimum Gasteiger partial charge on any atom is -0.325 e. The van der Waals surface area contributed by atoms with Gasteiger partial charge in [-0.1, -0.05) is 42.0 Å². The highest BCUT2D eigenvalue weighted by atomic mass is 32.2. The molecule has 7 heteroatoms. The van der Waals surface area contributed by atoms with Crippen LogP contribution in [0.15, 0.2) is 60.1 Å². The minimum atomic E-state index is -0.298. The standard InChI is InChI=1S/C20H19N3O2S2/c1-14-6-8-15(9-7-14)12-26-13-18(24)22-17-5-3-2-4-16(17)19(25)23-20-21-10-11-27-20/h2-11H,12-13H2,1H3,(H,22,24)(H,21,23,25). The minimum absolute atomic E-state index is 0.137. The van der Waals surface area contributed by atoms with Crippen molar-refractivity contribution in [3.8, 4) is 0 Å². The highest BCUT2D eigenvalue weighted by Crippen LogP contribution is 2.19. The molecule has 5 nitrogen and oxygen atoms in total. The van der Waals surface area contributed by atoms with Gasteiger partial charge in [-0.2, -0.15) is 0 Å². The Balaban J connectivity index is 1.55. The van der Waals surface area contributed by atoms with Gasteiger partial charge in [0.1, 0.15) is 0 Å². The number of nitrogens with zero attached hydrogens (tertiary/aromatic N) is 1. The van der Waals surface area contributed by atoms with Crippen LogP contribution in [-0.2, 0) is 10.5 Å². The first-order valence-corrected chi connectivity index (χ1v) is 10.4. The maximum Gasteiger partial charge on any atom is 0.259 e. The number of anilines is 2. The van der Waals surface area contributed by atoms with E-state index in [9.17, 15) is 9.59 Å². The average molecular weight is 398 g/mol. The summed E-state index contributed by atoms with van der Waals surface area (Å²) in [6, 6.07) is 15.2. The molecule has 2 N–H and O–H groups in total. The fraction of sp³-hybridized carbons (Fsp3) is 0.150. The molecule has 3 aromatic rings. The molecule has 0 unspecified atom stereocenters. The van der Waals surface area contributed by atoms with Gasteiger partial charge in [-0.3, -0.25) is 14.9 Å². The van der Waals surface area contributed by atoms with Crippen LogP contribution in [0.25, 0.3) is 0 Å². The number of para-hydroxylation sites is 1. The molecule has 0 aliphatic rings. The summed E-state index contributed by atoms with van der Waals surface area (Å²) >= 11 is 2.88. The van der Waals surface area contributed by atoms with Crippen LogP contribution in [0, 0.1) is 6.92 Å². The van der Waals surface area contributed by atoms with E-state index in [1.54, 1.807) is 35.8 Å². The zero-order valence-electron chi connectivity index (χ0n) is 14.8. The lowest BCUT2D eigenvalue weighted by Crippen LogP contribution is -2.19. The Morgan fingerprint density at radius 2 is 1.85 bits per heavy atom. The molecule has 0 saturated carbocycles. The molecule has 3 rings (SSSR count). The van der Waals surface area contributed by atoms with Gasteiger partial charge in [-0.15, -0.1) is 23.1 Å². The second-order valence-electron chi connectivity index (χ2n) is 5.86. The van der Waals surface area contributed by atoms with Crippen LogP contribution in [0.1, 0.15) is 21.5 Å². The first-order chi connectivity index (χ1) is 13.1. The van der Waals surface area contributed by atoms with E-state index in [0.717, 1.165) is 5.75 Å². The summed E-state index contributed by atoms with van der Waals surface area (Å²) in [6.07, 6.45) is 1.62. The van der Waals surface area contributed by atoms with Crippen molar-refractivity contribution in [3.63, 3.8) is 0 Å². The number of hydrogen-bond donors (Lipinski definition) is 2. The Bertz CT molecular complexity index is 909. The first kappa shape index (κ1) is 19.1. The van der Waals surface area contributed by atoms with Crippen molar-refractivity contribution >= 4 is 45.7 Å². The van der Waals surface area contributed by atoms with Crippen molar-refractivity contribution in [2.24, 2.45) is 0 Å². The van der Waals surface area contributed by atoms with Crippen LogP contribution in [0.2, 0.25) is 0 Å². The molecular formula is C20H19N3O2S2. The smallest absolute Gasteiger partial charge is 0.259 e. The number of amides is 2. The number of thioether (sulfide) groups is 1. The van der Waals surface area contributed by atoms with E-state index in [-0.39, 0.29) is 11.8 Å². The third-order valence-corrected chi connectivity index (χ3v) is 5.41. The van der Waals surface area contributed by atoms with E-state index in [1.807, 2.05) is 6.92 Å². The third kappa shape index (κ3) is 5.67. The van der Waals surface area contributed by atoms with Crippen molar-refractivity contribution in [2.45, 2.75) is 12.7 Å². The number of aryl methyl sites for hydroxylation is 1. The number of benzene rings is 2. The largest absolute Gasteiger partial charge is 0.325 e. The third-order valence-electron chi connectivity index (χ3n) is 3.72. The zero-order chi connectivity index (χ0) is 19.1. The number of nitrogens with one attached hydrogen (secondary N) is 2. The van der Waals surface area contributed by atoms with Gasteiger partial charge in [0.05, 0.1) is 17.0 Å². The normalized spacial score (nSPS) is 10.4. The molecule has 0 bridgehead atoms. The van der Waals surface area contributed by atoms with Crippen molar-refractivity contribution < 1.29 is 9.59 Å². The van der Waals surface area contributed by atoms with Crippen LogP contribution >= 0.6 is 23.1 Å². The highest BCUT2D eigenvalue weighted by Gasteiger charge is 2.14. The second-order valence-corrected chi connectivity index (χ2v) is 7.74. The lowest BCUT2D eigenvalue weighted by atomic mass is 10.1. The van der Waals surface area contributed by atoms with Gasteiger partial charge in [0, 0.05) is 17.3 Å². The van der Waals surface area contributed by atoms with Crippen molar-refractivity contribution in [2.75, 3.05) is 16.4 Å². The number of rotatable bonds is 7. The Morgan fingerprint density at radius 1 is 1.07 bits per heavy atom. The summed E-state index contributed by atoms with van der Waals surface area (Å²) < 4.78 is 0. The summed E-state index contributed by atoms with van der Waals surface area (Å²) in [6.45, 7) is 2.05. The predicted molar refractivity (Wildman–Crippen MR) is 112 cm³/mol. The Hall–Kier alpha value is -2.64. The predicted octanol–water partition coefficient (Wildman–Crippen LogP) is 4.58. The van der Waals surface area contributed by atoms with E-state index in [4.69, 9.17) is 0 Å². The molecule has 1 aromatic heterocycles. The zero-order valence-corrected chi connectivity index (χ0v) is 16.4. The van der Waals surface area contributed by atoms with Crippen LogP contribution < -0.4 is 10.6 Å². The monoisotopic (exact) mass is 397 g/mol. The van der Waals surface area contributed by atoms with Crippen LogP contribution in [-0.4, -0.2) is 22.6 Å². The number of hydrogen-bond acceptors (Lipinski definition) is 5. The quantitative estimate of drug-likeness (QED) is 0.612. The van der Waals surface area contributed by atoms with Crippen molar-refractivity contribution in [1.82, 2.24) is 4.98 Å². The molecule has 27 heavy (non-hydrogen) atoms. The maximum absolute atomic E-state index is 12.4. The number of thiazole rings is 1.